The highest BCUT2D eigenvalue weighted by molar-refractivity contribution is 6.05. The molecule has 2 aromatic heterocycles. The summed E-state index contributed by atoms with van der Waals surface area (Å²) in [6, 6.07) is 19.1. The molecule has 5 nitrogen and oxygen atoms in total. The number of H-pyrrole nitrogens is 1. The molecular weight excluding hydrogens is 336 g/mol. The van der Waals surface area contributed by atoms with Gasteiger partial charge in [0, 0.05) is 34.8 Å². The summed E-state index contributed by atoms with van der Waals surface area (Å²) < 4.78 is 0. The molecule has 0 unspecified atom stereocenters. The average molecular weight is 354 g/mol. The summed E-state index contributed by atoms with van der Waals surface area (Å²) in [5.41, 5.74) is 6.22. The summed E-state index contributed by atoms with van der Waals surface area (Å²) in [6.45, 7) is 2.00. The first-order valence-electron chi connectivity index (χ1n) is 8.63. The van der Waals surface area contributed by atoms with Crippen molar-refractivity contribution in [3.63, 3.8) is 0 Å². The SMILES string of the molecule is Cc1cccc(NC(=O)c2cccc(-c3[nH]ncc3-c3ccncc3)c2)c1. The van der Waals surface area contributed by atoms with Crippen LogP contribution in [0.2, 0.25) is 0 Å². The van der Waals surface area contributed by atoms with Crippen LogP contribution in [0.4, 0.5) is 5.69 Å². The van der Waals surface area contributed by atoms with Crippen molar-refractivity contribution in [1.82, 2.24) is 15.2 Å². The summed E-state index contributed by atoms with van der Waals surface area (Å²) in [4.78, 5) is 16.7. The number of anilines is 1. The Morgan fingerprint density at radius 1 is 0.963 bits per heavy atom. The van der Waals surface area contributed by atoms with E-state index in [0.717, 1.165) is 33.6 Å². The zero-order chi connectivity index (χ0) is 18.6. The number of nitrogens with zero attached hydrogens (tertiary/aromatic N) is 2. The van der Waals surface area contributed by atoms with E-state index in [1.54, 1.807) is 24.7 Å². The van der Waals surface area contributed by atoms with Crippen molar-refractivity contribution in [3.8, 4) is 22.4 Å². The van der Waals surface area contributed by atoms with Gasteiger partial charge in [-0.2, -0.15) is 5.10 Å². The predicted octanol–water partition coefficient (Wildman–Crippen LogP) is 4.70. The number of carbonyl (C=O) groups is 1. The van der Waals surface area contributed by atoms with Crippen LogP contribution in [0.1, 0.15) is 15.9 Å². The standard InChI is InChI=1S/C22H18N4O/c1-15-4-2-7-19(12-15)25-22(27)18-6-3-5-17(13-18)21-20(14-24-26-21)16-8-10-23-11-9-16/h2-14H,1H3,(H,24,26)(H,25,27). The lowest BCUT2D eigenvalue weighted by molar-refractivity contribution is 0.102. The molecule has 132 valence electrons. The van der Waals surface area contributed by atoms with Gasteiger partial charge in [0.25, 0.3) is 5.91 Å². The highest BCUT2D eigenvalue weighted by atomic mass is 16.1. The number of hydrogen-bond acceptors (Lipinski definition) is 3. The topological polar surface area (TPSA) is 70.7 Å². The molecule has 0 bridgehead atoms. The Labute approximate surface area is 157 Å². The molecule has 5 heteroatoms. The Hall–Kier alpha value is -3.73. The van der Waals surface area contributed by atoms with Crippen LogP contribution in [0.15, 0.2) is 79.3 Å². The number of amides is 1. The lowest BCUT2D eigenvalue weighted by Crippen LogP contribution is -2.11. The van der Waals surface area contributed by atoms with Gasteiger partial charge in [0.05, 0.1) is 11.9 Å². The molecule has 2 aromatic carbocycles. The Bertz CT molecular complexity index is 1090. The van der Waals surface area contributed by atoms with E-state index in [4.69, 9.17) is 0 Å². The average Bonchev–Trinajstić information content (AvgIpc) is 3.19. The maximum atomic E-state index is 12.7. The van der Waals surface area contributed by atoms with E-state index in [2.05, 4.69) is 20.5 Å². The Balaban J connectivity index is 1.64. The van der Waals surface area contributed by atoms with Crippen LogP contribution in [-0.2, 0) is 0 Å². The highest BCUT2D eigenvalue weighted by Crippen LogP contribution is 2.30. The van der Waals surface area contributed by atoms with Gasteiger partial charge in [0.15, 0.2) is 0 Å². The van der Waals surface area contributed by atoms with Gasteiger partial charge in [0.1, 0.15) is 0 Å². The first-order chi connectivity index (χ1) is 13.2. The molecule has 0 fully saturated rings. The van der Waals surface area contributed by atoms with Crippen LogP contribution < -0.4 is 5.32 Å². The molecule has 4 rings (SSSR count). The van der Waals surface area contributed by atoms with Crippen LogP contribution in [0.3, 0.4) is 0 Å². The lowest BCUT2D eigenvalue weighted by atomic mass is 10.0. The quantitative estimate of drug-likeness (QED) is 0.558. The summed E-state index contributed by atoms with van der Waals surface area (Å²) in [7, 11) is 0. The van der Waals surface area contributed by atoms with Crippen molar-refractivity contribution in [2.24, 2.45) is 0 Å². The summed E-state index contributed by atoms with van der Waals surface area (Å²) in [5.74, 6) is -0.146. The first kappa shape index (κ1) is 16.7. The maximum absolute atomic E-state index is 12.7. The number of benzene rings is 2. The number of pyridine rings is 1. The van der Waals surface area contributed by atoms with Crippen molar-refractivity contribution in [2.75, 3.05) is 5.32 Å². The Morgan fingerprint density at radius 2 is 1.78 bits per heavy atom. The minimum atomic E-state index is -0.146. The lowest BCUT2D eigenvalue weighted by Gasteiger charge is -2.08. The molecule has 0 spiro atoms. The number of aromatic amines is 1. The monoisotopic (exact) mass is 354 g/mol. The van der Waals surface area contributed by atoms with Crippen LogP contribution in [0.5, 0.6) is 0 Å². The zero-order valence-corrected chi connectivity index (χ0v) is 14.8. The molecule has 0 aliphatic heterocycles. The molecule has 0 saturated heterocycles. The van der Waals surface area contributed by atoms with E-state index in [-0.39, 0.29) is 5.91 Å². The van der Waals surface area contributed by atoms with Gasteiger partial charge in [-0.1, -0.05) is 24.3 Å². The van der Waals surface area contributed by atoms with Crippen LogP contribution in [0, 0.1) is 6.92 Å². The van der Waals surface area contributed by atoms with Crippen molar-refractivity contribution in [3.05, 3.63) is 90.4 Å². The molecule has 4 aromatic rings. The second-order valence-corrected chi connectivity index (χ2v) is 6.30. The fourth-order valence-electron chi connectivity index (χ4n) is 3.00. The molecule has 1 amide bonds. The van der Waals surface area contributed by atoms with Crippen LogP contribution in [-0.4, -0.2) is 21.1 Å². The van der Waals surface area contributed by atoms with E-state index in [1.165, 1.54) is 0 Å². The van der Waals surface area contributed by atoms with Crippen molar-refractivity contribution >= 4 is 11.6 Å². The fourth-order valence-corrected chi connectivity index (χ4v) is 3.00. The number of hydrogen-bond donors (Lipinski definition) is 2. The minimum absolute atomic E-state index is 0.146. The largest absolute Gasteiger partial charge is 0.322 e. The summed E-state index contributed by atoms with van der Waals surface area (Å²) in [6.07, 6.45) is 5.28. The van der Waals surface area contributed by atoms with E-state index < -0.39 is 0 Å². The van der Waals surface area contributed by atoms with Crippen molar-refractivity contribution in [2.45, 2.75) is 6.92 Å². The van der Waals surface area contributed by atoms with Gasteiger partial charge in [-0.05, 0) is 54.4 Å². The first-order valence-corrected chi connectivity index (χ1v) is 8.63. The normalized spacial score (nSPS) is 10.6. The number of aromatic nitrogens is 3. The predicted molar refractivity (Wildman–Crippen MR) is 106 cm³/mol. The van der Waals surface area contributed by atoms with Crippen molar-refractivity contribution < 1.29 is 4.79 Å². The molecular formula is C22H18N4O. The number of carbonyl (C=O) groups excluding carboxylic acids is 1. The number of nitrogens with one attached hydrogen (secondary N) is 2. The van der Waals surface area contributed by atoms with Gasteiger partial charge >= 0.3 is 0 Å². The number of rotatable bonds is 4. The van der Waals surface area contributed by atoms with Crippen LogP contribution in [0.25, 0.3) is 22.4 Å². The van der Waals surface area contributed by atoms with Crippen molar-refractivity contribution in [1.29, 1.82) is 0 Å². The molecule has 0 aliphatic carbocycles. The summed E-state index contributed by atoms with van der Waals surface area (Å²) >= 11 is 0. The molecule has 2 heterocycles. The van der Waals surface area contributed by atoms with Gasteiger partial charge < -0.3 is 5.32 Å². The van der Waals surface area contributed by atoms with Crippen LogP contribution >= 0.6 is 0 Å². The second kappa shape index (κ2) is 7.25. The highest BCUT2D eigenvalue weighted by Gasteiger charge is 2.12. The Morgan fingerprint density at radius 3 is 2.59 bits per heavy atom. The maximum Gasteiger partial charge on any atom is 0.255 e. The van der Waals surface area contributed by atoms with Gasteiger partial charge in [-0.25, -0.2) is 0 Å². The third kappa shape index (κ3) is 3.62. The molecule has 0 saturated carbocycles. The van der Waals surface area contributed by atoms with E-state index in [0.29, 0.717) is 5.56 Å². The van der Waals surface area contributed by atoms with E-state index in [9.17, 15) is 4.79 Å². The second-order valence-electron chi connectivity index (χ2n) is 6.30. The molecule has 0 radical (unpaired) electrons. The van der Waals surface area contributed by atoms with E-state index >= 15 is 0 Å². The zero-order valence-electron chi connectivity index (χ0n) is 14.8. The van der Waals surface area contributed by atoms with Gasteiger partial charge in [-0.3, -0.25) is 14.9 Å². The minimum Gasteiger partial charge on any atom is -0.322 e. The fraction of sp³-hybridized carbons (Fsp3) is 0.0455. The van der Waals surface area contributed by atoms with Gasteiger partial charge in [-0.15, -0.1) is 0 Å². The van der Waals surface area contributed by atoms with E-state index in [1.807, 2.05) is 61.5 Å². The third-order valence-electron chi connectivity index (χ3n) is 4.32. The Kier molecular flexibility index (Phi) is 4.49. The molecule has 0 atom stereocenters. The summed E-state index contributed by atoms with van der Waals surface area (Å²) in [5, 5.41) is 10.2. The number of aryl methyl sites for hydroxylation is 1. The van der Waals surface area contributed by atoms with Gasteiger partial charge in [0.2, 0.25) is 0 Å². The molecule has 2 N–H and O–H groups in total. The third-order valence-corrected chi connectivity index (χ3v) is 4.32. The molecule has 27 heavy (non-hydrogen) atoms. The molecule has 0 aliphatic rings. The smallest absolute Gasteiger partial charge is 0.255 e.